The zero-order chi connectivity index (χ0) is 30.3. The molecule has 4 aromatic carbocycles. The van der Waals surface area contributed by atoms with Crippen LogP contribution in [0.5, 0.6) is 0 Å². The van der Waals surface area contributed by atoms with Gasteiger partial charge in [0.25, 0.3) is 0 Å². The molecule has 0 heterocycles. The van der Waals surface area contributed by atoms with Crippen molar-refractivity contribution in [2.45, 2.75) is 25.1 Å². The highest BCUT2D eigenvalue weighted by atomic mass is 35.5. The Labute approximate surface area is 245 Å². The highest BCUT2D eigenvalue weighted by molar-refractivity contribution is 6.30. The minimum absolute atomic E-state index is 0.0341. The second-order valence-corrected chi connectivity index (χ2v) is 9.97. The molecule has 1 atom stereocenters. The van der Waals surface area contributed by atoms with Crippen LogP contribution in [0.3, 0.4) is 0 Å². The van der Waals surface area contributed by atoms with E-state index in [0.717, 1.165) is 23.3 Å². The molecule has 5 nitrogen and oxygen atoms in total. The van der Waals surface area contributed by atoms with Gasteiger partial charge in [0.2, 0.25) is 5.91 Å². The third kappa shape index (κ3) is 8.17. The van der Waals surface area contributed by atoms with Crippen molar-refractivity contribution >= 4 is 35.3 Å². The molecule has 0 saturated carbocycles. The molecule has 9 heteroatoms. The van der Waals surface area contributed by atoms with E-state index in [9.17, 15) is 32.7 Å². The Hall–Kier alpha value is -4.69. The molecule has 0 spiro atoms. The van der Waals surface area contributed by atoms with Crippen molar-refractivity contribution in [3.8, 4) is 11.1 Å². The van der Waals surface area contributed by atoms with Crippen molar-refractivity contribution < 1.29 is 32.7 Å². The van der Waals surface area contributed by atoms with Crippen molar-refractivity contribution in [1.82, 2.24) is 5.32 Å². The number of aliphatic carboxylic acids is 1. The van der Waals surface area contributed by atoms with Crippen molar-refractivity contribution in [2.24, 2.45) is 0 Å². The predicted octanol–water partition coefficient (Wildman–Crippen LogP) is 7.49. The molecular formula is C33H25ClF3NO4. The van der Waals surface area contributed by atoms with E-state index in [2.05, 4.69) is 5.32 Å². The number of carboxylic acid groups (broad SMARTS) is 1. The molecule has 2 N–H and O–H groups in total. The number of ketones is 1. The van der Waals surface area contributed by atoms with Gasteiger partial charge in [-0.25, -0.2) is 4.79 Å². The van der Waals surface area contributed by atoms with Gasteiger partial charge in [0.1, 0.15) is 6.04 Å². The summed E-state index contributed by atoms with van der Waals surface area (Å²) in [5.74, 6) is -2.67. The number of hydrogen-bond acceptors (Lipinski definition) is 3. The normalized spacial score (nSPS) is 12.4. The van der Waals surface area contributed by atoms with Crippen LogP contribution in [0.2, 0.25) is 5.02 Å². The maximum Gasteiger partial charge on any atom is 0.416 e. The lowest BCUT2D eigenvalue weighted by Crippen LogP contribution is -2.43. The topological polar surface area (TPSA) is 83.5 Å². The van der Waals surface area contributed by atoms with Gasteiger partial charge >= 0.3 is 12.1 Å². The van der Waals surface area contributed by atoms with Gasteiger partial charge in [0.15, 0.2) is 5.78 Å². The molecule has 1 unspecified atom stereocenters. The molecule has 0 bridgehead atoms. The lowest BCUT2D eigenvalue weighted by molar-refractivity contribution is -0.141. The number of carbonyl (C=O) groups excluding carboxylic acids is 2. The number of rotatable bonds is 10. The summed E-state index contributed by atoms with van der Waals surface area (Å²) in [6, 6.07) is 25.5. The van der Waals surface area contributed by atoms with E-state index in [-0.39, 0.29) is 23.1 Å². The highest BCUT2D eigenvalue weighted by Gasteiger charge is 2.30. The summed E-state index contributed by atoms with van der Waals surface area (Å²) in [5.41, 5.74) is 1.61. The first kappa shape index (κ1) is 30.3. The lowest BCUT2D eigenvalue weighted by atomic mass is 9.97. The van der Waals surface area contributed by atoms with Crippen LogP contribution in [-0.2, 0) is 22.2 Å². The SMILES string of the molecule is O=C(NC(Cc1ccc(Cl)cc1)C(=O)O)/C(=C/c1cccc(C(F)(F)F)c1)CC(=O)c1ccc(-c2ccccc2)cc1. The zero-order valence-electron chi connectivity index (χ0n) is 22.1. The summed E-state index contributed by atoms with van der Waals surface area (Å²) < 4.78 is 39.9. The minimum Gasteiger partial charge on any atom is -0.480 e. The fourth-order valence-electron chi connectivity index (χ4n) is 4.26. The quantitative estimate of drug-likeness (QED) is 0.148. The second-order valence-electron chi connectivity index (χ2n) is 9.53. The Bertz CT molecular complexity index is 1600. The van der Waals surface area contributed by atoms with E-state index in [1.54, 1.807) is 48.5 Å². The van der Waals surface area contributed by atoms with Crippen LogP contribution in [0.4, 0.5) is 13.2 Å². The monoisotopic (exact) mass is 591 g/mol. The fraction of sp³-hybridized carbons (Fsp3) is 0.121. The molecule has 0 aliphatic carbocycles. The van der Waals surface area contributed by atoms with Crippen LogP contribution in [-0.4, -0.2) is 28.8 Å². The standard InChI is InChI=1S/C33H25ClF3NO4/c34-28-15-9-21(10-16-28)19-29(32(41)42)38-31(40)26(17-22-5-4-8-27(18-22)33(35,36)37)20-30(39)25-13-11-24(12-14-25)23-6-2-1-3-7-23/h1-18,29H,19-20H2,(H,38,40)(H,41,42)/b26-17+. The number of hydrogen-bond donors (Lipinski definition) is 2. The number of carboxylic acids is 1. The molecule has 0 aromatic heterocycles. The maximum absolute atomic E-state index is 13.4. The Morgan fingerprint density at radius 2 is 1.48 bits per heavy atom. The van der Waals surface area contributed by atoms with Gasteiger partial charge in [0, 0.05) is 29.0 Å². The smallest absolute Gasteiger partial charge is 0.416 e. The minimum atomic E-state index is -4.62. The van der Waals surface area contributed by atoms with Gasteiger partial charge < -0.3 is 10.4 Å². The summed E-state index contributed by atoms with van der Waals surface area (Å²) in [4.78, 5) is 38.6. The average Bonchev–Trinajstić information content (AvgIpc) is 2.97. The largest absolute Gasteiger partial charge is 0.480 e. The first-order chi connectivity index (χ1) is 20.0. The summed E-state index contributed by atoms with van der Waals surface area (Å²) >= 11 is 5.90. The summed E-state index contributed by atoms with van der Waals surface area (Å²) in [6.45, 7) is 0. The summed E-state index contributed by atoms with van der Waals surface area (Å²) in [7, 11) is 0. The number of carbonyl (C=O) groups is 3. The molecular weight excluding hydrogens is 567 g/mol. The van der Waals surface area contributed by atoms with Crippen LogP contribution in [0.25, 0.3) is 17.2 Å². The molecule has 42 heavy (non-hydrogen) atoms. The van der Waals surface area contributed by atoms with Gasteiger partial charge in [-0.2, -0.15) is 13.2 Å². The Morgan fingerprint density at radius 1 is 0.833 bits per heavy atom. The molecule has 0 saturated heterocycles. The first-order valence-corrected chi connectivity index (χ1v) is 13.2. The third-order valence-corrected chi connectivity index (χ3v) is 6.72. The molecule has 1 amide bonds. The summed E-state index contributed by atoms with van der Waals surface area (Å²) in [6.07, 6.45) is -4.00. The number of alkyl halides is 3. The van der Waals surface area contributed by atoms with Crippen molar-refractivity contribution in [3.63, 3.8) is 0 Å². The summed E-state index contributed by atoms with van der Waals surface area (Å²) in [5, 5.41) is 12.6. The second kappa shape index (κ2) is 13.3. The van der Waals surface area contributed by atoms with Gasteiger partial charge in [-0.1, -0.05) is 90.5 Å². The van der Waals surface area contributed by atoms with Crippen LogP contribution in [0, 0.1) is 0 Å². The lowest BCUT2D eigenvalue weighted by Gasteiger charge is -2.17. The fourth-order valence-corrected chi connectivity index (χ4v) is 4.39. The van der Waals surface area contributed by atoms with Crippen LogP contribution >= 0.6 is 11.6 Å². The van der Waals surface area contributed by atoms with E-state index in [4.69, 9.17) is 11.6 Å². The van der Waals surface area contributed by atoms with E-state index >= 15 is 0 Å². The van der Waals surface area contributed by atoms with E-state index < -0.39 is 41.9 Å². The van der Waals surface area contributed by atoms with Crippen LogP contribution in [0.1, 0.15) is 33.5 Å². The molecule has 4 aromatic rings. The molecule has 0 aliphatic rings. The van der Waals surface area contributed by atoms with Crippen molar-refractivity contribution in [1.29, 1.82) is 0 Å². The average molecular weight is 592 g/mol. The molecule has 0 aliphatic heterocycles. The van der Waals surface area contributed by atoms with E-state index in [1.807, 2.05) is 30.3 Å². The Kier molecular flexibility index (Phi) is 9.60. The Morgan fingerprint density at radius 3 is 2.10 bits per heavy atom. The number of Topliss-reactive ketones (excluding diaryl/α,β-unsaturated/α-hetero) is 1. The van der Waals surface area contributed by atoms with Crippen LogP contribution in [0.15, 0.2) is 109 Å². The van der Waals surface area contributed by atoms with Gasteiger partial charge in [-0.05, 0) is 52.6 Å². The van der Waals surface area contributed by atoms with Crippen LogP contribution < -0.4 is 5.32 Å². The Balaban J connectivity index is 1.62. The van der Waals surface area contributed by atoms with Gasteiger partial charge in [-0.15, -0.1) is 0 Å². The van der Waals surface area contributed by atoms with Gasteiger partial charge in [-0.3, -0.25) is 9.59 Å². The zero-order valence-corrected chi connectivity index (χ0v) is 22.8. The predicted molar refractivity (Wildman–Crippen MR) is 155 cm³/mol. The number of halogens is 4. The third-order valence-electron chi connectivity index (χ3n) is 6.47. The highest BCUT2D eigenvalue weighted by Crippen LogP contribution is 2.30. The van der Waals surface area contributed by atoms with Gasteiger partial charge in [0.05, 0.1) is 5.56 Å². The number of benzene rings is 4. The first-order valence-electron chi connectivity index (χ1n) is 12.8. The number of nitrogens with one attached hydrogen (secondary N) is 1. The molecule has 0 radical (unpaired) electrons. The molecule has 0 fully saturated rings. The molecule has 4 rings (SSSR count). The van der Waals surface area contributed by atoms with E-state index in [0.29, 0.717) is 10.6 Å². The number of amides is 1. The molecule has 214 valence electrons. The van der Waals surface area contributed by atoms with Crippen molar-refractivity contribution in [3.05, 3.63) is 136 Å². The maximum atomic E-state index is 13.4. The van der Waals surface area contributed by atoms with Crippen molar-refractivity contribution in [2.75, 3.05) is 0 Å². The van der Waals surface area contributed by atoms with E-state index in [1.165, 1.54) is 18.2 Å².